The zero-order valence-electron chi connectivity index (χ0n) is 9.38. The van der Waals surface area contributed by atoms with Crippen molar-refractivity contribution in [3.63, 3.8) is 0 Å². The number of hydrogen-bond donors (Lipinski definition) is 2. The minimum atomic E-state index is -0.420. The third kappa shape index (κ3) is 3.77. The van der Waals surface area contributed by atoms with Crippen LogP contribution in [0.5, 0.6) is 0 Å². The second kappa shape index (κ2) is 6.06. The predicted molar refractivity (Wildman–Crippen MR) is 66.1 cm³/mol. The molecule has 6 nitrogen and oxygen atoms in total. The highest BCUT2D eigenvalue weighted by Crippen LogP contribution is 2.11. The van der Waals surface area contributed by atoms with Gasteiger partial charge in [-0.05, 0) is 18.2 Å². The van der Waals surface area contributed by atoms with Gasteiger partial charge < -0.3 is 14.7 Å². The fourth-order valence-corrected chi connectivity index (χ4v) is 1.93. The molecule has 7 heteroatoms. The van der Waals surface area contributed by atoms with Crippen molar-refractivity contribution in [2.45, 2.75) is 11.6 Å². The Hall–Kier alpha value is -2.02. The fraction of sp³-hybridized carbons (Fsp3) is 0.182. The van der Waals surface area contributed by atoms with Crippen molar-refractivity contribution >= 4 is 17.7 Å². The first-order valence-corrected chi connectivity index (χ1v) is 6.20. The molecule has 2 heterocycles. The topological polar surface area (TPSA) is 88.0 Å². The molecule has 0 atom stereocenters. The van der Waals surface area contributed by atoms with Gasteiger partial charge in [-0.2, -0.15) is 0 Å². The van der Waals surface area contributed by atoms with Gasteiger partial charge in [0.25, 0.3) is 0 Å². The molecule has 0 aromatic carbocycles. The second-order valence-electron chi connectivity index (χ2n) is 3.38. The lowest BCUT2D eigenvalue weighted by atomic mass is 10.4. The third-order valence-corrected chi connectivity index (χ3v) is 3.00. The Balaban J connectivity index is 1.76. The van der Waals surface area contributed by atoms with Gasteiger partial charge in [-0.15, -0.1) is 0 Å². The molecule has 0 unspecified atom stereocenters. The Morgan fingerprint density at radius 1 is 1.50 bits per heavy atom. The predicted octanol–water partition coefficient (Wildman–Crippen LogP) is 0.771. The lowest BCUT2D eigenvalue weighted by Gasteiger charge is -2.02. The van der Waals surface area contributed by atoms with Crippen molar-refractivity contribution in [2.24, 2.45) is 0 Å². The highest BCUT2D eigenvalue weighted by atomic mass is 32.2. The Morgan fingerprint density at radius 2 is 2.39 bits per heavy atom. The van der Waals surface area contributed by atoms with Crippen LogP contribution in [0.2, 0.25) is 0 Å². The van der Waals surface area contributed by atoms with E-state index in [9.17, 15) is 9.59 Å². The Bertz CT molecular complexity index is 565. The summed E-state index contributed by atoms with van der Waals surface area (Å²) in [5.41, 5.74) is -0.420. The van der Waals surface area contributed by atoms with Crippen LogP contribution in [0, 0.1) is 0 Å². The number of amides is 1. The average molecular weight is 265 g/mol. The molecule has 0 aliphatic carbocycles. The van der Waals surface area contributed by atoms with Crippen molar-refractivity contribution in [3.8, 4) is 0 Å². The molecular formula is C11H11N3O3S. The number of nitrogens with zero attached hydrogens (tertiary/aromatic N) is 1. The number of hydrogen-bond acceptors (Lipinski definition) is 5. The molecule has 0 aliphatic heterocycles. The van der Waals surface area contributed by atoms with E-state index in [1.165, 1.54) is 18.0 Å². The van der Waals surface area contributed by atoms with Crippen molar-refractivity contribution in [2.75, 3.05) is 5.75 Å². The second-order valence-corrected chi connectivity index (χ2v) is 4.40. The molecule has 0 saturated carbocycles. The number of nitrogens with one attached hydrogen (secondary N) is 2. The van der Waals surface area contributed by atoms with E-state index in [1.54, 1.807) is 24.5 Å². The van der Waals surface area contributed by atoms with Crippen LogP contribution in [0.25, 0.3) is 0 Å². The van der Waals surface area contributed by atoms with Gasteiger partial charge in [0.1, 0.15) is 5.76 Å². The van der Waals surface area contributed by atoms with Crippen molar-refractivity contribution in [1.82, 2.24) is 15.3 Å². The van der Waals surface area contributed by atoms with Crippen LogP contribution in [0.15, 0.2) is 44.9 Å². The van der Waals surface area contributed by atoms with Gasteiger partial charge >= 0.3 is 5.69 Å². The summed E-state index contributed by atoms with van der Waals surface area (Å²) in [4.78, 5) is 28.5. The Labute approximate surface area is 107 Å². The molecule has 2 aromatic rings. The van der Waals surface area contributed by atoms with E-state index < -0.39 is 5.69 Å². The van der Waals surface area contributed by atoms with E-state index in [1.807, 2.05) is 0 Å². The number of carbonyl (C=O) groups is 1. The van der Waals surface area contributed by atoms with E-state index in [-0.39, 0.29) is 11.7 Å². The molecule has 0 bridgehead atoms. The summed E-state index contributed by atoms with van der Waals surface area (Å²) in [6.45, 7) is 0.360. The highest BCUT2D eigenvalue weighted by molar-refractivity contribution is 7.99. The minimum absolute atomic E-state index is 0.130. The normalized spacial score (nSPS) is 10.2. The maximum atomic E-state index is 11.5. The molecule has 2 rings (SSSR count). The number of thioether (sulfide) groups is 1. The molecular weight excluding hydrogens is 254 g/mol. The van der Waals surface area contributed by atoms with Gasteiger partial charge in [0.2, 0.25) is 5.91 Å². The van der Waals surface area contributed by atoms with E-state index in [2.05, 4.69) is 15.3 Å². The Kier molecular flexibility index (Phi) is 4.19. The quantitative estimate of drug-likeness (QED) is 0.616. The first-order valence-electron chi connectivity index (χ1n) is 5.21. The maximum Gasteiger partial charge on any atom is 0.345 e. The molecule has 0 radical (unpaired) electrons. The summed E-state index contributed by atoms with van der Waals surface area (Å²) in [5, 5.41) is 3.32. The summed E-state index contributed by atoms with van der Waals surface area (Å²) < 4.78 is 5.09. The van der Waals surface area contributed by atoms with E-state index in [0.29, 0.717) is 17.3 Å². The van der Waals surface area contributed by atoms with Gasteiger partial charge in [0, 0.05) is 6.20 Å². The molecule has 0 aliphatic rings. The van der Waals surface area contributed by atoms with Gasteiger partial charge in [0.05, 0.1) is 23.6 Å². The molecule has 1 amide bonds. The van der Waals surface area contributed by atoms with Crippen molar-refractivity contribution in [3.05, 3.63) is 46.9 Å². The number of H-pyrrole nitrogens is 1. The molecule has 94 valence electrons. The summed E-state index contributed by atoms with van der Waals surface area (Å²) in [6.07, 6.45) is 2.96. The third-order valence-electron chi connectivity index (χ3n) is 2.05. The first-order chi connectivity index (χ1) is 8.74. The Morgan fingerprint density at radius 3 is 3.11 bits per heavy atom. The summed E-state index contributed by atoms with van der Waals surface area (Å²) in [5.74, 6) is 0.792. The van der Waals surface area contributed by atoms with Crippen LogP contribution in [-0.2, 0) is 11.3 Å². The molecule has 0 saturated heterocycles. The number of furan rings is 1. The lowest BCUT2D eigenvalue weighted by molar-refractivity contribution is -0.118. The zero-order valence-corrected chi connectivity index (χ0v) is 10.2. The van der Waals surface area contributed by atoms with Gasteiger partial charge in [-0.25, -0.2) is 9.78 Å². The number of aromatic amines is 1. The largest absolute Gasteiger partial charge is 0.467 e. The average Bonchev–Trinajstić information content (AvgIpc) is 2.87. The van der Waals surface area contributed by atoms with E-state index in [4.69, 9.17) is 4.42 Å². The molecule has 0 spiro atoms. The van der Waals surface area contributed by atoms with Gasteiger partial charge in [-0.1, -0.05) is 11.8 Å². The van der Waals surface area contributed by atoms with Crippen LogP contribution in [-0.4, -0.2) is 21.6 Å². The number of rotatable bonds is 5. The van der Waals surface area contributed by atoms with E-state index in [0.717, 1.165) is 0 Å². The van der Waals surface area contributed by atoms with Crippen LogP contribution in [0.3, 0.4) is 0 Å². The first kappa shape index (κ1) is 12.4. The summed E-state index contributed by atoms with van der Waals surface area (Å²) >= 11 is 1.24. The summed E-state index contributed by atoms with van der Waals surface area (Å²) in [6, 6.07) is 5.19. The van der Waals surface area contributed by atoms with Crippen LogP contribution in [0.4, 0.5) is 0 Å². The van der Waals surface area contributed by atoms with Crippen molar-refractivity contribution in [1.29, 1.82) is 0 Å². The van der Waals surface area contributed by atoms with Crippen molar-refractivity contribution < 1.29 is 9.21 Å². The SMILES string of the molecule is O=C(CSc1ccnc(=O)[nH]1)NCc1ccco1. The smallest absolute Gasteiger partial charge is 0.345 e. The number of carbonyl (C=O) groups excluding carboxylic acids is 1. The van der Waals surface area contributed by atoms with Crippen LogP contribution >= 0.6 is 11.8 Å². The van der Waals surface area contributed by atoms with Gasteiger partial charge in [0.15, 0.2) is 0 Å². The molecule has 18 heavy (non-hydrogen) atoms. The minimum Gasteiger partial charge on any atom is -0.467 e. The fourth-order valence-electron chi connectivity index (χ4n) is 1.23. The molecule has 0 fully saturated rings. The highest BCUT2D eigenvalue weighted by Gasteiger charge is 2.04. The number of aromatic nitrogens is 2. The monoisotopic (exact) mass is 265 g/mol. The summed E-state index contributed by atoms with van der Waals surface area (Å²) in [7, 11) is 0. The lowest BCUT2D eigenvalue weighted by Crippen LogP contribution is -2.24. The van der Waals surface area contributed by atoms with Gasteiger partial charge in [-0.3, -0.25) is 4.79 Å². The zero-order chi connectivity index (χ0) is 12.8. The molecule has 2 N–H and O–H groups in total. The standard InChI is InChI=1S/C11H11N3O3S/c15-9(13-6-8-2-1-5-17-8)7-18-10-3-4-12-11(16)14-10/h1-5H,6-7H2,(H,13,15)(H,12,14,16). The van der Waals surface area contributed by atoms with E-state index >= 15 is 0 Å². The van der Waals surface area contributed by atoms with Crippen LogP contribution < -0.4 is 11.0 Å². The molecule has 2 aromatic heterocycles. The van der Waals surface area contributed by atoms with Crippen LogP contribution in [0.1, 0.15) is 5.76 Å². The maximum absolute atomic E-state index is 11.5.